The molecule has 0 aliphatic heterocycles. The van der Waals surface area contributed by atoms with E-state index in [2.05, 4.69) is 48.5 Å². The molecule has 0 saturated carbocycles. The Morgan fingerprint density at radius 3 is 2.00 bits per heavy atom. The molecule has 0 saturated heterocycles. The summed E-state index contributed by atoms with van der Waals surface area (Å²) in [5.41, 5.74) is -0.201. The minimum absolute atomic E-state index is 0.0744. The zero-order valence-electron chi connectivity index (χ0n) is 13.9. The summed E-state index contributed by atoms with van der Waals surface area (Å²) in [5, 5.41) is -0.0881. The average Bonchev–Trinajstić information content (AvgIpc) is 2.37. The second-order valence-electron chi connectivity index (χ2n) is 7.08. The molecule has 0 aliphatic rings. The summed E-state index contributed by atoms with van der Waals surface area (Å²) in [6.45, 7) is 14.8. The summed E-state index contributed by atoms with van der Waals surface area (Å²) < 4.78 is 0. The average molecular weight is 279 g/mol. The van der Waals surface area contributed by atoms with Gasteiger partial charge in [0, 0.05) is 18.3 Å². The van der Waals surface area contributed by atoms with Crippen molar-refractivity contribution in [3.05, 3.63) is 0 Å². The lowest BCUT2D eigenvalue weighted by Crippen LogP contribution is -2.40. The van der Waals surface area contributed by atoms with Gasteiger partial charge in [-0.3, -0.25) is 4.79 Å². The Labute approximate surface area is 124 Å². The highest BCUT2D eigenvalue weighted by Gasteiger charge is 2.39. The molecule has 3 radical (unpaired) electrons. The van der Waals surface area contributed by atoms with Gasteiger partial charge in [-0.1, -0.05) is 53.3 Å². The van der Waals surface area contributed by atoms with Gasteiger partial charge in [0.05, 0.1) is 7.17 Å². The summed E-state index contributed by atoms with van der Waals surface area (Å²) in [5.74, 6) is 0.429. The molecule has 2 atom stereocenters. The normalized spacial score (nSPS) is 16.6. The number of ketones is 1. The van der Waals surface area contributed by atoms with Gasteiger partial charge in [0.25, 0.3) is 0 Å². The van der Waals surface area contributed by atoms with Gasteiger partial charge >= 0.3 is 0 Å². The molecule has 0 aromatic carbocycles. The Balaban J connectivity index is 4.68. The predicted octanol–water partition coefficient (Wildman–Crippen LogP) is 4.22. The highest BCUT2D eigenvalue weighted by Crippen LogP contribution is 2.44. The van der Waals surface area contributed by atoms with Gasteiger partial charge in [-0.05, 0) is 25.9 Å². The van der Waals surface area contributed by atoms with Crippen LogP contribution in [-0.4, -0.2) is 32.0 Å². The third-order valence-corrected chi connectivity index (χ3v) is 6.30. The molecule has 2 unspecified atom stereocenters. The van der Waals surface area contributed by atoms with Crippen molar-refractivity contribution in [2.45, 2.75) is 78.2 Å². The monoisotopic (exact) mass is 279 g/mol. The first-order valence-corrected chi connectivity index (χ1v) is 8.61. The first-order chi connectivity index (χ1) is 8.54. The van der Waals surface area contributed by atoms with Crippen LogP contribution in [0.4, 0.5) is 0 Å². The van der Waals surface area contributed by atoms with E-state index in [1.54, 1.807) is 7.17 Å². The molecule has 0 spiro atoms. The summed E-state index contributed by atoms with van der Waals surface area (Å²) in [6.07, 6.45) is 3.97. The maximum Gasteiger partial charge on any atom is 0.148 e. The van der Waals surface area contributed by atoms with Gasteiger partial charge in [-0.15, -0.1) is 8.58 Å². The van der Waals surface area contributed by atoms with Gasteiger partial charge in [-0.25, -0.2) is 0 Å². The van der Waals surface area contributed by atoms with E-state index in [9.17, 15) is 4.79 Å². The van der Waals surface area contributed by atoms with Crippen LogP contribution in [0.1, 0.15) is 67.7 Å². The van der Waals surface area contributed by atoms with Crippen LogP contribution in [0.5, 0.6) is 0 Å². The SMILES string of the molecule is [B][B]C(C)(C)CCPC(C)(CC)C(=O)C(C)(C)CC. The van der Waals surface area contributed by atoms with Gasteiger partial charge < -0.3 is 0 Å². The van der Waals surface area contributed by atoms with Crippen LogP contribution in [0.15, 0.2) is 0 Å². The van der Waals surface area contributed by atoms with E-state index in [0.717, 1.165) is 25.4 Å². The van der Waals surface area contributed by atoms with E-state index in [0.29, 0.717) is 14.4 Å². The minimum Gasteiger partial charge on any atom is -0.298 e. The molecule has 0 N–H and O–H groups in total. The number of hydrogen-bond donors (Lipinski definition) is 0. The van der Waals surface area contributed by atoms with Crippen molar-refractivity contribution in [2.24, 2.45) is 5.41 Å². The maximum atomic E-state index is 12.7. The summed E-state index contributed by atoms with van der Waals surface area (Å²) in [7, 11) is 8.11. The quantitative estimate of drug-likeness (QED) is 0.456. The number of carbonyl (C=O) groups excluding carboxylic acids is 1. The van der Waals surface area contributed by atoms with E-state index < -0.39 is 0 Å². The zero-order valence-corrected chi connectivity index (χ0v) is 14.9. The van der Waals surface area contributed by atoms with Crippen LogP contribution < -0.4 is 0 Å². The van der Waals surface area contributed by atoms with E-state index in [1.165, 1.54) is 0 Å². The van der Waals surface area contributed by atoms with Crippen LogP contribution in [0.25, 0.3) is 0 Å². The molecule has 0 bridgehead atoms. The molecule has 4 heteroatoms. The fourth-order valence-corrected chi connectivity index (χ4v) is 4.09. The minimum atomic E-state index is -0.201. The first-order valence-electron chi connectivity index (χ1n) is 7.40. The molecule has 0 aliphatic carbocycles. The van der Waals surface area contributed by atoms with Crippen molar-refractivity contribution >= 4 is 29.3 Å². The largest absolute Gasteiger partial charge is 0.298 e. The second kappa shape index (κ2) is 7.30. The Morgan fingerprint density at radius 2 is 1.63 bits per heavy atom. The lowest BCUT2D eigenvalue weighted by atomic mass is 9.40. The van der Waals surface area contributed by atoms with Crippen molar-refractivity contribution in [3.63, 3.8) is 0 Å². The van der Waals surface area contributed by atoms with E-state index >= 15 is 0 Å². The molecular formula is C15H30B2OP. The number of carbonyl (C=O) groups is 1. The van der Waals surface area contributed by atoms with Crippen LogP contribution in [0, 0.1) is 5.41 Å². The maximum absolute atomic E-state index is 12.7. The highest BCUT2D eigenvalue weighted by molar-refractivity contribution is 7.41. The molecule has 0 rings (SSSR count). The van der Waals surface area contributed by atoms with Crippen molar-refractivity contribution < 1.29 is 4.79 Å². The number of hydrogen-bond acceptors (Lipinski definition) is 1. The molecule has 0 heterocycles. The summed E-state index contributed by atoms with van der Waals surface area (Å²) in [6, 6.07) is 0. The fourth-order valence-electron chi connectivity index (χ4n) is 2.02. The molecule has 1 nitrogen and oxygen atoms in total. The molecule has 0 aromatic heterocycles. The fraction of sp³-hybridized carbons (Fsp3) is 0.933. The Hall–Kier alpha value is 0.230. The van der Waals surface area contributed by atoms with Crippen LogP contribution in [0.3, 0.4) is 0 Å². The molecule has 0 fully saturated rings. The van der Waals surface area contributed by atoms with E-state index in [4.69, 9.17) is 7.74 Å². The Kier molecular flexibility index (Phi) is 7.39. The molecule has 19 heavy (non-hydrogen) atoms. The van der Waals surface area contributed by atoms with Crippen molar-refractivity contribution in [2.75, 3.05) is 6.16 Å². The summed E-state index contributed by atoms with van der Waals surface area (Å²) >= 11 is 0. The van der Waals surface area contributed by atoms with Gasteiger partial charge in [0.1, 0.15) is 5.78 Å². The molecular weight excluding hydrogens is 249 g/mol. The zero-order chi connectivity index (χ0) is 15.3. The van der Waals surface area contributed by atoms with Crippen molar-refractivity contribution in [3.8, 4) is 0 Å². The second-order valence-corrected chi connectivity index (χ2v) is 9.04. The molecule has 0 aromatic rings. The van der Waals surface area contributed by atoms with Crippen LogP contribution in [0.2, 0.25) is 5.31 Å². The van der Waals surface area contributed by atoms with Gasteiger partial charge in [0.15, 0.2) is 0 Å². The van der Waals surface area contributed by atoms with Crippen molar-refractivity contribution in [1.29, 1.82) is 0 Å². The number of rotatable bonds is 9. The lowest BCUT2D eigenvalue weighted by Gasteiger charge is -2.36. The molecule has 107 valence electrons. The van der Waals surface area contributed by atoms with Crippen LogP contribution in [-0.2, 0) is 4.79 Å². The smallest absolute Gasteiger partial charge is 0.148 e. The highest BCUT2D eigenvalue weighted by atomic mass is 31.1. The molecule has 0 amide bonds. The van der Waals surface area contributed by atoms with E-state index in [-0.39, 0.29) is 15.9 Å². The Bertz CT molecular complexity index is 303. The third kappa shape index (κ3) is 5.62. The third-order valence-electron chi connectivity index (χ3n) is 4.44. The van der Waals surface area contributed by atoms with Gasteiger partial charge in [0.2, 0.25) is 0 Å². The Morgan fingerprint density at radius 1 is 1.11 bits per heavy atom. The number of Topliss-reactive ketones (excluding diaryl/α,β-unsaturated/α-hetero) is 1. The summed E-state index contributed by atoms with van der Waals surface area (Å²) in [4.78, 5) is 12.7. The lowest BCUT2D eigenvalue weighted by molar-refractivity contribution is -0.129. The standard InChI is InChI=1S/C15H30B2OP/c1-8-13(3,4)12(18)15(7,9-2)19-11-10-14(5,6)17-16/h19H,8-11H2,1-7H3. The predicted molar refractivity (Wildman–Crippen MR) is 91.1 cm³/mol. The van der Waals surface area contributed by atoms with Crippen molar-refractivity contribution in [1.82, 2.24) is 0 Å². The van der Waals surface area contributed by atoms with E-state index in [1.807, 2.05) is 0 Å². The topological polar surface area (TPSA) is 17.1 Å². The van der Waals surface area contributed by atoms with Crippen LogP contribution >= 0.6 is 8.58 Å². The first kappa shape index (κ1) is 19.2. The van der Waals surface area contributed by atoms with Gasteiger partial charge in [-0.2, -0.15) is 0 Å².